The van der Waals surface area contributed by atoms with Crippen molar-refractivity contribution in [2.24, 2.45) is 0 Å². The summed E-state index contributed by atoms with van der Waals surface area (Å²) in [6.45, 7) is 1.10. The van der Waals surface area contributed by atoms with Gasteiger partial charge in [0.2, 0.25) is 5.28 Å². The summed E-state index contributed by atoms with van der Waals surface area (Å²) in [6.07, 6.45) is 0. The molecule has 0 saturated carbocycles. The second kappa shape index (κ2) is 6.65. The molecule has 1 N–H and O–H groups in total. The predicted octanol–water partition coefficient (Wildman–Crippen LogP) is 2.94. The van der Waals surface area contributed by atoms with E-state index in [-0.39, 0.29) is 10.4 Å². The van der Waals surface area contributed by atoms with Gasteiger partial charge < -0.3 is 10.1 Å². The fourth-order valence-electron chi connectivity index (χ4n) is 1.61. The maximum Gasteiger partial charge on any atom is 0.245 e. The Morgan fingerprint density at radius 2 is 1.89 bits per heavy atom. The summed E-state index contributed by atoms with van der Waals surface area (Å²) < 4.78 is 5.15. The van der Waals surface area contributed by atoms with E-state index >= 15 is 0 Å². The van der Waals surface area contributed by atoms with Gasteiger partial charge in [-0.2, -0.15) is 4.98 Å². The van der Waals surface area contributed by atoms with Gasteiger partial charge in [-0.15, -0.1) is 10.2 Å². The van der Waals surface area contributed by atoms with Gasteiger partial charge in [-0.25, -0.2) is 0 Å². The molecule has 7 heteroatoms. The predicted molar refractivity (Wildman–Crippen MR) is 74.3 cm³/mol. The van der Waals surface area contributed by atoms with Crippen LogP contribution in [0.3, 0.4) is 0 Å². The molecule has 1 heterocycles. The SMILES string of the molecule is COCc1ccccc1CNc1nc(Cl)nnc1Cl. The Morgan fingerprint density at radius 3 is 2.63 bits per heavy atom. The van der Waals surface area contributed by atoms with E-state index in [9.17, 15) is 0 Å². The lowest BCUT2D eigenvalue weighted by atomic mass is 10.1. The Labute approximate surface area is 120 Å². The number of ether oxygens (including phenoxy) is 1. The summed E-state index contributed by atoms with van der Waals surface area (Å²) in [5, 5.41) is 10.6. The van der Waals surface area contributed by atoms with Crippen LogP contribution in [0.5, 0.6) is 0 Å². The van der Waals surface area contributed by atoms with Gasteiger partial charge in [0.15, 0.2) is 11.0 Å². The first kappa shape index (κ1) is 14.0. The Balaban J connectivity index is 2.12. The minimum absolute atomic E-state index is 0.0528. The van der Waals surface area contributed by atoms with Crippen LogP contribution in [0.25, 0.3) is 0 Å². The summed E-state index contributed by atoms with van der Waals surface area (Å²) in [4.78, 5) is 3.98. The van der Waals surface area contributed by atoms with Gasteiger partial charge in [0.05, 0.1) is 6.61 Å². The normalized spacial score (nSPS) is 10.5. The Morgan fingerprint density at radius 1 is 1.16 bits per heavy atom. The summed E-state index contributed by atoms with van der Waals surface area (Å²) >= 11 is 11.6. The third-order valence-electron chi connectivity index (χ3n) is 2.48. The van der Waals surface area contributed by atoms with Crippen molar-refractivity contribution in [3.63, 3.8) is 0 Å². The van der Waals surface area contributed by atoms with E-state index in [0.29, 0.717) is 19.0 Å². The minimum Gasteiger partial charge on any atom is -0.380 e. The highest BCUT2D eigenvalue weighted by Crippen LogP contribution is 2.18. The molecule has 100 valence electrons. The van der Waals surface area contributed by atoms with Crippen molar-refractivity contribution in [1.29, 1.82) is 0 Å². The molecule has 0 aliphatic carbocycles. The van der Waals surface area contributed by atoms with E-state index in [2.05, 4.69) is 20.5 Å². The third kappa shape index (κ3) is 3.76. The Hall–Kier alpha value is -1.43. The number of benzene rings is 1. The fraction of sp³-hybridized carbons (Fsp3) is 0.250. The molecule has 0 bridgehead atoms. The van der Waals surface area contributed by atoms with Crippen LogP contribution in [0.4, 0.5) is 5.82 Å². The van der Waals surface area contributed by atoms with Crippen molar-refractivity contribution < 1.29 is 4.74 Å². The largest absolute Gasteiger partial charge is 0.380 e. The van der Waals surface area contributed by atoms with Gasteiger partial charge in [0.25, 0.3) is 0 Å². The molecule has 1 aromatic heterocycles. The van der Waals surface area contributed by atoms with Crippen LogP contribution in [-0.2, 0) is 17.9 Å². The highest BCUT2D eigenvalue weighted by Gasteiger charge is 2.07. The van der Waals surface area contributed by atoms with Crippen molar-refractivity contribution in [3.05, 3.63) is 45.8 Å². The summed E-state index contributed by atoms with van der Waals surface area (Å²) in [6, 6.07) is 7.94. The zero-order valence-corrected chi connectivity index (χ0v) is 11.7. The number of methoxy groups -OCH3 is 1. The average molecular weight is 299 g/mol. The quantitative estimate of drug-likeness (QED) is 0.919. The lowest BCUT2D eigenvalue weighted by molar-refractivity contribution is 0.184. The maximum atomic E-state index is 5.88. The van der Waals surface area contributed by atoms with Crippen LogP contribution < -0.4 is 5.32 Å². The molecule has 2 aromatic rings. The number of nitrogens with zero attached hydrogens (tertiary/aromatic N) is 3. The summed E-state index contributed by atoms with van der Waals surface area (Å²) in [7, 11) is 1.66. The summed E-state index contributed by atoms with van der Waals surface area (Å²) in [5.74, 6) is 0.411. The molecule has 0 saturated heterocycles. The number of hydrogen-bond acceptors (Lipinski definition) is 5. The van der Waals surface area contributed by atoms with Crippen LogP contribution >= 0.6 is 23.2 Å². The van der Waals surface area contributed by atoms with E-state index < -0.39 is 0 Å². The highest BCUT2D eigenvalue weighted by molar-refractivity contribution is 6.32. The van der Waals surface area contributed by atoms with Crippen molar-refractivity contribution in [3.8, 4) is 0 Å². The molecule has 0 atom stereocenters. The van der Waals surface area contributed by atoms with Gasteiger partial charge in [-0.05, 0) is 22.7 Å². The monoisotopic (exact) mass is 298 g/mol. The van der Waals surface area contributed by atoms with Gasteiger partial charge in [-0.3, -0.25) is 0 Å². The Kier molecular flexibility index (Phi) is 4.90. The van der Waals surface area contributed by atoms with Crippen LogP contribution in [0.15, 0.2) is 24.3 Å². The zero-order valence-electron chi connectivity index (χ0n) is 10.2. The molecule has 0 spiro atoms. The second-order valence-corrected chi connectivity index (χ2v) is 4.47. The Bertz CT molecular complexity index is 565. The second-order valence-electron chi connectivity index (χ2n) is 3.78. The van der Waals surface area contributed by atoms with Crippen molar-refractivity contribution >= 4 is 29.0 Å². The molecule has 2 rings (SSSR count). The molecule has 0 radical (unpaired) electrons. The van der Waals surface area contributed by atoms with E-state index in [4.69, 9.17) is 27.9 Å². The maximum absolute atomic E-state index is 5.88. The molecule has 0 fully saturated rings. The summed E-state index contributed by atoms with van der Waals surface area (Å²) in [5.41, 5.74) is 2.19. The number of halogens is 2. The van der Waals surface area contributed by atoms with E-state index in [1.54, 1.807) is 7.11 Å². The van der Waals surface area contributed by atoms with E-state index in [1.165, 1.54) is 0 Å². The van der Waals surface area contributed by atoms with Crippen LogP contribution in [0.2, 0.25) is 10.4 Å². The van der Waals surface area contributed by atoms with Gasteiger partial charge in [0, 0.05) is 13.7 Å². The average Bonchev–Trinajstić information content (AvgIpc) is 2.42. The van der Waals surface area contributed by atoms with Crippen LogP contribution in [0.1, 0.15) is 11.1 Å². The third-order valence-corrected chi connectivity index (χ3v) is 2.90. The number of rotatable bonds is 5. The topological polar surface area (TPSA) is 59.9 Å². The fourth-order valence-corrected chi connectivity index (χ4v) is 1.88. The first-order chi connectivity index (χ1) is 9.20. The molecular formula is C12H12Cl2N4O. The standard InChI is InChI=1S/C12H12Cl2N4O/c1-19-7-9-5-3-2-4-8(9)6-15-11-10(13)17-18-12(14)16-11/h2-5H,6-7H2,1H3,(H,15,16,18). The van der Waals surface area contributed by atoms with Crippen molar-refractivity contribution in [2.45, 2.75) is 13.2 Å². The molecule has 0 aliphatic rings. The number of anilines is 1. The molecule has 5 nitrogen and oxygen atoms in total. The van der Waals surface area contributed by atoms with Crippen molar-refractivity contribution in [1.82, 2.24) is 15.2 Å². The van der Waals surface area contributed by atoms with Gasteiger partial charge >= 0.3 is 0 Å². The molecule has 0 aliphatic heterocycles. The lowest BCUT2D eigenvalue weighted by Gasteiger charge is -2.10. The number of nitrogens with one attached hydrogen (secondary N) is 1. The lowest BCUT2D eigenvalue weighted by Crippen LogP contribution is -2.06. The molecule has 19 heavy (non-hydrogen) atoms. The highest BCUT2D eigenvalue weighted by atomic mass is 35.5. The first-order valence-electron chi connectivity index (χ1n) is 5.56. The van der Waals surface area contributed by atoms with Gasteiger partial charge in [0.1, 0.15) is 0 Å². The van der Waals surface area contributed by atoms with E-state index in [0.717, 1.165) is 11.1 Å². The minimum atomic E-state index is 0.0528. The number of aromatic nitrogens is 3. The number of hydrogen-bond donors (Lipinski definition) is 1. The van der Waals surface area contributed by atoms with E-state index in [1.807, 2.05) is 24.3 Å². The smallest absolute Gasteiger partial charge is 0.245 e. The molecule has 0 amide bonds. The first-order valence-corrected chi connectivity index (χ1v) is 6.31. The molecule has 0 unspecified atom stereocenters. The van der Waals surface area contributed by atoms with Crippen LogP contribution in [-0.4, -0.2) is 22.3 Å². The zero-order chi connectivity index (χ0) is 13.7. The van der Waals surface area contributed by atoms with Crippen molar-refractivity contribution in [2.75, 3.05) is 12.4 Å². The van der Waals surface area contributed by atoms with Crippen LogP contribution in [0, 0.1) is 0 Å². The molecule has 1 aromatic carbocycles. The molecular weight excluding hydrogens is 287 g/mol. The van der Waals surface area contributed by atoms with Gasteiger partial charge in [-0.1, -0.05) is 35.9 Å².